The fourth-order valence-corrected chi connectivity index (χ4v) is 2.91. The number of benzene rings is 2. The number of ether oxygens (including phenoxy) is 2. The lowest BCUT2D eigenvalue weighted by Crippen LogP contribution is -2.47. The standard InChI is InChI=1S/C21H25ClN2O4/c1-5-28-17-9-7-6-8-15(17)20(25)24-19(13(2)3)21(26)23-14-10-11-18(27-4)16(22)12-14/h6-13,19H,5H2,1-4H3,(H,23,26)(H,24,25)/t19-/m1/s1. The fourth-order valence-electron chi connectivity index (χ4n) is 2.65. The SMILES string of the molecule is CCOc1ccccc1C(=O)N[C@@H](C(=O)Nc1ccc(OC)c(Cl)c1)C(C)C. The lowest BCUT2D eigenvalue weighted by atomic mass is 10.0. The Kier molecular flexibility index (Phi) is 7.70. The van der Waals surface area contributed by atoms with Gasteiger partial charge in [-0.3, -0.25) is 9.59 Å². The summed E-state index contributed by atoms with van der Waals surface area (Å²) < 4.78 is 10.6. The number of hydrogen-bond donors (Lipinski definition) is 2. The van der Waals surface area contributed by atoms with Crippen molar-refractivity contribution in [2.45, 2.75) is 26.8 Å². The topological polar surface area (TPSA) is 76.7 Å². The van der Waals surface area contributed by atoms with E-state index in [1.807, 2.05) is 20.8 Å². The first-order valence-electron chi connectivity index (χ1n) is 9.04. The van der Waals surface area contributed by atoms with E-state index < -0.39 is 6.04 Å². The van der Waals surface area contributed by atoms with E-state index >= 15 is 0 Å². The van der Waals surface area contributed by atoms with Gasteiger partial charge in [-0.15, -0.1) is 0 Å². The zero-order valence-electron chi connectivity index (χ0n) is 16.4. The second-order valence-electron chi connectivity index (χ2n) is 6.46. The van der Waals surface area contributed by atoms with Crippen molar-refractivity contribution in [2.24, 2.45) is 5.92 Å². The van der Waals surface area contributed by atoms with Crippen molar-refractivity contribution in [1.29, 1.82) is 0 Å². The average Bonchev–Trinajstić information content (AvgIpc) is 2.66. The lowest BCUT2D eigenvalue weighted by molar-refractivity contribution is -0.118. The maximum absolute atomic E-state index is 12.8. The molecule has 0 aromatic heterocycles. The van der Waals surface area contributed by atoms with Crippen molar-refractivity contribution in [3.63, 3.8) is 0 Å². The number of carbonyl (C=O) groups excluding carboxylic acids is 2. The van der Waals surface area contributed by atoms with E-state index in [-0.39, 0.29) is 17.7 Å². The largest absolute Gasteiger partial charge is 0.495 e. The Labute approximate surface area is 170 Å². The van der Waals surface area contributed by atoms with Crippen molar-refractivity contribution in [1.82, 2.24) is 5.32 Å². The molecule has 28 heavy (non-hydrogen) atoms. The Morgan fingerprint density at radius 2 is 1.82 bits per heavy atom. The van der Waals surface area contributed by atoms with Crippen LogP contribution < -0.4 is 20.1 Å². The fraction of sp³-hybridized carbons (Fsp3) is 0.333. The molecule has 2 rings (SSSR count). The average molecular weight is 405 g/mol. The molecule has 0 aliphatic heterocycles. The van der Waals surface area contributed by atoms with Gasteiger partial charge < -0.3 is 20.1 Å². The van der Waals surface area contributed by atoms with E-state index in [1.54, 1.807) is 42.5 Å². The zero-order valence-corrected chi connectivity index (χ0v) is 17.2. The predicted molar refractivity (Wildman–Crippen MR) is 110 cm³/mol. The minimum atomic E-state index is -0.733. The van der Waals surface area contributed by atoms with Gasteiger partial charge in [0.05, 0.1) is 24.3 Å². The first-order chi connectivity index (χ1) is 13.4. The minimum absolute atomic E-state index is 0.128. The molecule has 0 spiro atoms. The number of carbonyl (C=O) groups is 2. The van der Waals surface area contributed by atoms with Crippen LogP contribution in [0.5, 0.6) is 11.5 Å². The van der Waals surface area contributed by atoms with E-state index in [4.69, 9.17) is 21.1 Å². The molecule has 2 aromatic carbocycles. The van der Waals surface area contributed by atoms with Gasteiger partial charge in [-0.1, -0.05) is 37.6 Å². The van der Waals surface area contributed by atoms with Crippen molar-refractivity contribution in [3.05, 3.63) is 53.1 Å². The van der Waals surface area contributed by atoms with Gasteiger partial charge in [0.1, 0.15) is 17.5 Å². The molecule has 0 saturated heterocycles. The van der Waals surface area contributed by atoms with Crippen molar-refractivity contribution in [2.75, 3.05) is 19.0 Å². The summed E-state index contributed by atoms with van der Waals surface area (Å²) in [7, 11) is 1.52. The van der Waals surface area contributed by atoms with Crippen LogP contribution in [0, 0.1) is 5.92 Å². The van der Waals surface area contributed by atoms with Gasteiger partial charge in [-0.05, 0) is 43.2 Å². The van der Waals surface area contributed by atoms with Crippen LogP contribution in [0.15, 0.2) is 42.5 Å². The van der Waals surface area contributed by atoms with E-state index in [2.05, 4.69) is 10.6 Å². The summed E-state index contributed by atoms with van der Waals surface area (Å²) in [6.07, 6.45) is 0. The van der Waals surface area contributed by atoms with E-state index in [9.17, 15) is 9.59 Å². The highest BCUT2D eigenvalue weighted by Gasteiger charge is 2.26. The maximum atomic E-state index is 12.8. The van der Waals surface area contributed by atoms with Gasteiger partial charge in [0.15, 0.2) is 0 Å². The third-order valence-electron chi connectivity index (χ3n) is 4.09. The van der Waals surface area contributed by atoms with Gasteiger partial charge in [0.2, 0.25) is 5.91 Å². The summed E-state index contributed by atoms with van der Waals surface area (Å²) in [5.41, 5.74) is 0.903. The normalized spacial score (nSPS) is 11.6. The minimum Gasteiger partial charge on any atom is -0.495 e. The van der Waals surface area contributed by atoms with Crippen molar-refractivity contribution >= 4 is 29.1 Å². The molecular formula is C21H25ClN2O4. The molecule has 0 bridgehead atoms. The second-order valence-corrected chi connectivity index (χ2v) is 6.87. The van der Waals surface area contributed by atoms with Crippen LogP contribution in [0.4, 0.5) is 5.69 Å². The highest BCUT2D eigenvalue weighted by atomic mass is 35.5. The summed E-state index contributed by atoms with van der Waals surface area (Å²) >= 11 is 6.11. The van der Waals surface area contributed by atoms with Crippen LogP contribution >= 0.6 is 11.6 Å². The Morgan fingerprint density at radius 1 is 1.11 bits per heavy atom. The molecule has 2 N–H and O–H groups in total. The number of para-hydroxylation sites is 1. The first-order valence-corrected chi connectivity index (χ1v) is 9.42. The molecule has 0 aliphatic rings. The number of rotatable bonds is 8. The van der Waals surface area contributed by atoms with Crippen LogP contribution in [-0.2, 0) is 4.79 Å². The van der Waals surface area contributed by atoms with Gasteiger partial charge in [0.25, 0.3) is 5.91 Å². The molecule has 0 heterocycles. The van der Waals surface area contributed by atoms with E-state index in [1.165, 1.54) is 7.11 Å². The van der Waals surface area contributed by atoms with Crippen molar-refractivity contribution < 1.29 is 19.1 Å². The second kappa shape index (κ2) is 9.99. The Hall–Kier alpha value is -2.73. The van der Waals surface area contributed by atoms with E-state index in [0.29, 0.717) is 34.4 Å². The Bertz CT molecular complexity index is 839. The van der Waals surface area contributed by atoms with Crippen LogP contribution in [0.2, 0.25) is 5.02 Å². The van der Waals surface area contributed by atoms with Crippen molar-refractivity contribution in [3.8, 4) is 11.5 Å². The molecule has 0 saturated carbocycles. The molecule has 7 heteroatoms. The van der Waals surface area contributed by atoms with E-state index in [0.717, 1.165) is 0 Å². The third-order valence-corrected chi connectivity index (χ3v) is 4.38. The quantitative estimate of drug-likeness (QED) is 0.693. The predicted octanol–water partition coefficient (Wildman–Crippen LogP) is 4.14. The van der Waals surface area contributed by atoms with Gasteiger partial charge in [-0.2, -0.15) is 0 Å². The zero-order chi connectivity index (χ0) is 20.7. The molecule has 150 valence electrons. The number of anilines is 1. The number of nitrogens with one attached hydrogen (secondary N) is 2. The smallest absolute Gasteiger partial charge is 0.255 e. The molecule has 0 unspecified atom stereocenters. The molecule has 0 radical (unpaired) electrons. The summed E-state index contributed by atoms with van der Waals surface area (Å²) in [5.74, 6) is 0.161. The summed E-state index contributed by atoms with van der Waals surface area (Å²) in [6.45, 7) is 6.01. The first kappa shape index (κ1) is 21.6. The molecule has 2 amide bonds. The molecule has 0 fully saturated rings. The van der Waals surface area contributed by atoms with Gasteiger partial charge in [0, 0.05) is 5.69 Å². The monoisotopic (exact) mass is 404 g/mol. The van der Waals surface area contributed by atoms with Crippen LogP contribution in [0.25, 0.3) is 0 Å². The lowest BCUT2D eigenvalue weighted by Gasteiger charge is -2.22. The Balaban J connectivity index is 2.15. The highest BCUT2D eigenvalue weighted by Crippen LogP contribution is 2.27. The molecule has 6 nitrogen and oxygen atoms in total. The molecular weight excluding hydrogens is 380 g/mol. The third kappa shape index (κ3) is 5.39. The summed E-state index contributed by atoms with van der Waals surface area (Å²) in [4.78, 5) is 25.5. The maximum Gasteiger partial charge on any atom is 0.255 e. The molecule has 0 aliphatic carbocycles. The summed E-state index contributed by atoms with van der Waals surface area (Å²) in [5, 5.41) is 5.97. The number of amides is 2. The number of halogens is 1. The number of methoxy groups -OCH3 is 1. The number of hydrogen-bond acceptors (Lipinski definition) is 4. The van der Waals surface area contributed by atoms with Crippen LogP contribution in [0.1, 0.15) is 31.1 Å². The van der Waals surface area contributed by atoms with Crippen LogP contribution in [-0.4, -0.2) is 31.6 Å². The van der Waals surface area contributed by atoms with Gasteiger partial charge in [-0.25, -0.2) is 0 Å². The van der Waals surface area contributed by atoms with Crippen LogP contribution in [0.3, 0.4) is 0 Å². The Morgan fingerprint density at radius 3 is 2.43 bits per heavy atom. The molecule has 1 atom stereocenters. The highest BCUT2D eigenvalue weighted by molar-refractivity contribution is 6.32. The molecule has 2 aromatic rings. The van der Waals surface area contributed by atoms with Gasteiger partial charge >= 0.3 is 0 Å². The summed E-state index contributed by atoms with van der Waals surface area (Å²) in [6, 6.07) is 11.2.